The van der Waals surface area contributed by atoms with Crippen LogP contribution < -0.4 is 0 Å². The van der Waals surface area contributed by atoms with Crippen molar-refractivity contribution in [2.24, 2.45) is 5.92 Å². The number of hydrogen-bond acceptors (Lipinski definition) is 2. The third kappa shape index (κ3) is 2.84. The van der Waals surface area contributed by atoms with Gasteiger partial charge in [0.05, 0.1) is 5.92 Å². The molecule has 0 amide bonds. The zero-order chi connectivity index (χ0) is 14.1. The fraction of sp³-hybridized carbons (Fsp3) is 0.562. The average molecular weight is 294 g/mol. The highest BCUT2D eigenvalue weighted by atomic mass is 35.5. The summed E-state index contributed by atoms with van der Waals surface area (Å²) in [7, 11) is 0. The molecule has 3 rings (SSSR count). The Balaban J connectivity index is 1.64. The second-order valence-corrected chi connectivity index (χ2v) is 6.44. The largest absolute Gasteiger partial charge is 0.481 e. The normalized spacial score (nSPS) is 26.4. The number of carbonyl (C=O) groups is 1. The van der Waals surface area contributed by atoms with Crippen LogP contribution in [-0.4, -0.2) is 29.1 Å². The standard InChI is InChI=1S/C16H20ClNO2/c17-15-9-11(13-7-14(8-13)16(19)20)3-4-12(15)10-18-5-1-2-6-18/h3-4,9,13-14H,1-2,5-8,10H2,(H,19,20). The van der Waals surface area contributed by atoms with Crippen LogP contribution in [0.4, 0.5) is 0 Å². The molecule has 0 spiro atoms. The Morgan fingerprint density at radius 2 is 2.00 bits per heavy atom. The molecule has 4 heteroatoms. The van der Waals surface area contributed by atoms with E-state index in [1.54, 1.807) is 0 Å². The lowest BCUT2D eigenvalue weighted by Crippen LogP contribution is -2.28. The van der Waals surface area contributed by atoms with Gasteiger partial charge >= 0.3 is 5.97 Å². The molecule has 1 aliphatic carbocycles. The molecule has 1 saturated carbocycles. The molecule has 2 aliphatic rings. The van der Waals surface area contributed by atoms with Gasteiger partial charge in [-0.1, -0.05) is 23.7 Å². The van der Waals surface area contributed by atoms with Crippen LogP contribution in [0.3, 0.4) is 0 Å². The Kier molecular flexibility index (Phi) is 3.99. The van der Waals surface area contributed by atoms with E-state index in [2.05, 4.69) is 17.0 Å². The molecule has 1 aromatic rings. The van der Waals surface area contributed by atoms with Gasteiger partial charge < -0.3 is 5.11 Å². The Morgan fingerprint density at radius 3 is 2.60 bits per heavy atom. The van der Waals surface area contributed by atoms with Crippen LogP contribution in [0.15, 0.2) is 18.2 Å². The van der Waals surface area contributed by atoms with E-state index in [-0.39, 0.29) is 5.92 Å². The molecule has 0 aromatic heterocycles. The predicted octanol–water partition coefficient (Wildman–Crippen LogP) is 3.51. The van der Waals surface area contributed by atoms with Gasteiger partial charge in [0.25, 0.3) is 0 Å². The number of halogens is 1. The summed E-state index contributed by atoms with van der Waals surface area (Å²) in [6.45, 7) is 3.27. The zero-order valence-electron chi connectivity index (χ0n) is 11.5. The third-order valence-corrected chi connectivity index (χ3v) is 4.98. The first-order valence-electron chi connectivity index (χ1n) is 7.37. The minimum absolute atomic E-state index is 0.164. The minimum Gasteiger partial charge on any atom is -0.481 e. The van der Waals surface area contributed by atoms with Crippen molar-refractivity contribution in [3.05, 3.63) is 34.3 Å². The maximum atomic E-state index is 10.8. The minimum atomic E-state index is -0.669. The quantitative estimate of drug-likeness (QED) is 0.923. The fourth-order valence-corrected chi connectivity index (χ4v) is 3.47. The topological polar surface area (TPSA) is 40.5 Å². The molecule has 0 radical (unpaired) electrons. The molecule has 1 N–H and O–H groups in total. The van der Waals surface area contributed by atoms with Gasteiger partial charge in [0, 0.05) is 11.6 Å². The average Bonchev–Trinajstić information content (AvgIpc) is 2.83. The molecule has 1 saturated heterocycles. The van der Waals surface area contributed by atoms with Crippen LogP contribution in [0.2, 0.25) is 5.02 Å². The van der Waals surface area contributed by atoms with Crippen molar-refractivity contribution in [1.29, 1.82) is 0 Å². The Bertz CT molecular complexity index is 505. The lowest BCUT2D eigenvalue weighted by atomic mass is 9.71. The van der Waals surface area contributed by atoms with Gasteiger partial charge in [-0.15, -0.1) is 0 Å². The van der Waals surface area contributed by atoms with Crippen molar-refractivity contribution in [3.63, 3.8) is 0 Å². The van der Waals surface area contributed by atoms with E-state index in [9.17, 15) is 4.79 Å². The van der Waals surface area contributed by atoms with Crippen LogP contribution in [0.25, 0.3) is 0 Å². The second kappa shape index (κ2) is 5.74. The number of benzene rings is 1. The molecule has 108 valence electrons. The van der Waals surface area contributed by atoms with Crippen molar-refractivity contribution in [1.82, 2.24) is 4.90 Å². The van der Waals surface area contributed by atoms with Crippen LogP contribution in [0.1, 0.15) is 42.7 Å². The molecule has 0 bridgehead atoms. The van der Waals surface area contributed by atoms with Gasteiger partial charge in [-0.05, 0) is 61.9 Å². The molecule has 0 atom stereocenters. The molecule has 1 heterocycles. The lowest BCUT2D eigenvalue weighted by Gasteiger charge is -2.33. The molecule has 1 aliphatic heterocycles. The number of carboxylic acids is 1. The van der Waals surface area contributed by atoms with E-state index >= 15 is 0 Å². The Hall–Kier alpha value is -1.06. The number of rotatable bonds is 4. The maximum absolute atomic E-state index is 10.8. The number of likely N-dealkylation sites (tertiary alicyclic amines) is 1. The molecule has 1 aromatic carbocycles. The summed E-state index contributed by atoms with van der Waals surface area (Å²) in [6.07, 6.45) is 4.07. The second-order valence-electron chi connectivity index (χ2n) is 6.04. The van der Waals surface area contributed by atoms with Gasteiger partial charge in [-0.3, -0.25) is 9.69 Å². The number of nitrogens with zero attached hydrogens (tertiary/aromatic N) is 1. The summed E-state index contributed by atoms with van der Waals surface area (Å²) >= 11 is 6.39. The van der Waals surface area contributed by atoms with Crippen molar-refractivity contribution >= 4 is 17.6 Å². The monoisotopic (exact) mass is 293 g/mol. The summed E-state index contributed by atoms with van der Waals surface area (Å²) in [6, 6.07) is 6.28. The summed E-state index contributed by atoms with van der Waals surface area (Å²) in [5, 5.41) is 9.75. The first kappa shape index (κ1) is 13.9. The molecular weight excluding hydrogens is 274 g/mol. The highest BCUT2D eigenvalue weighted by molar-refractivity contribution is 6.31. The van der Waals surface area contributed by atoms with Crippen LogP contribution >= 0.6 is 11.6 Å². The first-order chi connectivity index (χ1) is 9.63. The van der Waals surface area contributed by atoms with Gasteiger partial charge in [-0.2, -0.15) is 0 Å². The van der Waals surface area contributed by atoms with Crippen molar-refractivity contribution in [3.8, 4) is 0 Å². The summed E-state index contributed by atoms with van der Waals surface area (Å²) in [5.41, 5.74) is 2.38. The summed E-state index contributed by atoms with van der Waals surface area (Å²) < 4.78 is 0. The van der Waals surface area contributed by atoms with E-state index in [4.69, 9.17) is 16.7 Å². The zero-order valence-corrected chi connectivity index (χ0v) is 12.3. The molecular formula is C16H20ClNO2. The molecule has 3 nitrogen and oxygen atoms in total. The van der Waals surface area contributed by atoms with E-state index in [1.807, 2.05) is 6.07 Å². The van der Waals surface area contributed by atoms with Gasteiger partial charge in [0.15, 0.2) is 0 Å². The Labute approximate surface area is 124 Å². The lowest BCUT2D eigenvalue weighted by molar-refractivity contribution is -0.145. The number of hydrogen-bond donors (Lipinski definition) is 1. The molecule has 2 fully saturated rings. The highest BCUT2D eigenvalue weighted by Crippen LogP contribution is 2.42. The van der Waals surface area contributed by atoms with E-state index in [0.29, 0.717) is 5.92 Å². The summed E-state index contributed by atoms with van der Waals surface area (Å²) in [4.78, 5) is 13.3. The first-order valence-corrected chi connectivity index (χ1v) is 7.75. The van der Waals surface area contributed by atoms with Crippen LogP contribution in [-0.2, 0) is 11.3 Å². The van der Waals surface area contributed by atoms with E-state index < -0.39 is 5.97 Å². The third-order valence-electron chi connectivity index (χ3n) is 4.63. The van der Waals surface area contributed by atoms with Crippen LogP contribution in [0.5, 0.6) is 0 Å². The van der Waals surface area contributed by atoms with Crippen LogP contribution in [0, 0.1) is 5.92 Å². The maximum Gasteiger partial charge on any atom is 0.306 e. The van der Waals surface area contributed by atoms with E-state index in [0.717, 1.165) is 24.4 Å². The van der Waals surface area contributed by atoms with Gasteiger partial charge in [-0.25, -0.2) is 0 Å². The van der Waals surface area contributed by atoms with Gasteiger partial charge in [0.1, 0.15) is 0 Å². The number of carboxylic acid groups (broad SMARTS) is 1. The predicted molar refractivity (Wildman–Crippen MR) is 79.1 cm³/mol. The van der Waals surface area contributed by atoms with Crippen molar-refractivity contribution in [2.45, 2.75) is 38.1 Å². The van der Waals surface area contributed by atoms with E-state index in [1.165, 1.54) is 37.1 Å². The number of aliphatic carboxylic acids is 1. The SMILES string of the molecule is O=C(O)C1CC(c2ccc(CN3CCCC3)c(Cl)c2)C1. The molecule has 20 heavy (non-hydrogen) atoms. The van der Waals surface area contributed by atoms with Crippen molar-refractivity contribution < 1.29 is 9.90 Å². The summed E-state index contributed by atoms with van der Waals surface area (Å²) in [5.74, 6) is -0.463. The smallest absolute Gasteiger partial charge is 0.306 e. The fourth-order valence-electron chi connectivity index (χ4n) is 3.22. The Morgan fingerprint density at radius 1 is 1.30 bits per heavy atom. The van der Waals surface area contributed by atoms with Gasteiger partial charge in [0.2, 0.25) is 0 Å². The highest BCUT2D eigenvalue weighted by Gasteiger charge is 2.35. The van der Waals surface area contributed by atoms with Crippen molar-refractivity contribution in [2.75, 3.05) is 13.1 Å². The molecule has 0 unspecified atom stereocenters.